The van der Waals surface area contributed by atoms with Crippen molar-refractivity contribution >= 4 is 29.2 Å². The molecule has 2 amide bonds. The van der Waals surface area contributed by atoms with Gasteiger partial charge in [0, 0.05) is 22.3 Å². The van der Waals surface area contributed by atoms with E-state index in [1.165, 1.54) is 28.9 Å². The maximum atomic E-state index is 14.2. The molecule has 8 heteroatoms. The quantitative estimate of drug-likeness (QED) is 0.140. The lowest BCUT2D eigenvalue weighted by molar-refractivity contribution is -0.121. The maximum absolute atomic E-state index is 14.2. The summed E-state index contributed by atoms with van der Waals surface area (Å²) in [5.74, 6) is -6.09. The van der Waals surface area contributed by atoms with E-state index in [9.17, 15) is 24.0 Å². The van der Waals surface area contributed by atoms with Gasteiger partial charge >= 0.3 is 0 Å². The Hall–Kier alpha value is -6.54. The van der Waals surface area contributed by atoms with E-state index in [2.05, 4.69) is 10.4 Å². The number of nitrogens with one attached hydrogen (secondary N) is 1. The second-order valence-corrected chi connectivity index (χ2v) is 10.6. The number of imide groups is 1. The van der Waals surface area contributed by atoms with Crippen LogP contribution in [0.15, 0.2) is 152 Å². The molecule has 0 bridgehead atoms. The lowest BCUT2D eigenvalue weighted by Crippen LogP contribution is -2.43. The highest BCUT2D eigenvalue weighted by Gasteiger charge is 2.38. The first kappa shape index (κ1) is 30.5. The minimum atomic E-state index is -1.87. The molecule has 0 aliphatic heterocycles. The molecule has 6 rings (SSSR count). The molecule has 0 radical (unpaired) electrons. The number of nitrogens with zero attached hydrogens (tertiary/aromatic N) is 2. The highest BCUT2D eigenvalue weighted by atomic mass is 16.2. The van der Waals surface area contributed by atoms with E-state index in [1.54, 1.807) is 115 Å². The smallest absolute Gasteiger partial charge is 0.279 e. The lowest BCUT2D eigenvalue weighted by Gasteiger charge is -2.15. The topological polar surface area (TPSA) is 115 Å². The average Bonchev–Trinajstić information content (AvgIpc) is 3.54. The molecule has 0 aliphatic carbocycles. The first-order valence-corrected chi connectivity index (χ1v) is 14.8. The van der Waals surface area contributed by atoms with Crippen LogP contribution < -0.4 is 5.32 Å². The Morgan fingerprint density at radius 2 is 0.957 bits per heavy atom. The number of Topliss-reactive ketones (excluding diaryl/α,β-unsaturated/α-hetero) is 2. The van der Waals surface area contributed by atoms with Crippen LogP contribution in [-0.4, -0.2) is 38.9 Å². The van der Waals surface area contributed by atoms with Crippen LogP contribution in [0, 0.1) is 5.92 Å². The van der Waals surface area contributed by atoms with Gasteiger partial charge in [0.05, 0.1) is 16.9 Å². The van der Waals surface area contributed by atoms with Gasteiger partial charge in [0.2, 0.25) is 5.91 Å². The first-order valence-electron chi connectivity index (χ1n) is 14.8. The Bertz CT molecular complexity index is 2030. The molecule has 0 saturated carbocycles. The number of ketones is 3. The number of amides is 2. The Morgan fingerprint density at radius 3 is 1.45 bits per heavy atom. The Labute approximate surface area is 270 Å². The van der Waals surface area contributed by atoms with Gasteiger partial charge < -0.3 is 0 Å². The standard InChI is InChI=1S/C39H27N3O5/c43-35(27-18-8-2-9-19-27)31-33(41-42(30-24-14-5-15-25-30)34(31)26-16-6-1-7-17-26)39(47)40-38(46)32(36(44)28-20-10-3-11-21-28)37(45)29-22-12-4-13-23-29/h1-25,32H,(H,40,46,47). The maximum Gasteiger partial charge on any atom is 0.279 e. The minimum absolute atomic E-state index is 0.0446. The van der Waals surface area contributed by atoms with Crippen LogP contribution in [0.5, 0.6) is 0 Å². The van der Waals surface area contributed by atoms with Crippen LogP contribution >= 0.6 is 0 Å². The molecule has 5 aromatic carbocycles. The van der Waals surface area contributed by atoms with E-state index >= 15 is 0 Å². The summed E-state index contributed by atoms with van der Waals surface area (Å²) < 4.78 is 1.48. The van der Waals surface area contributed by atoms with Crippen LogP contribution in [0.4, 0.5) is 0 Å². The number of para-hydroxylation sites is 1. The van der Waals surface area contributed by atoms with Gasteiger partial charge in [0.25, 0.3) is 5.91 Å². The molecule has 1 heterocycles. The molecule has 0 saturated heterocycles. The molecule has 8 nitrogen and oxygen atoms in total. The zero-order chi connectivity index (χ0) is 32.8. The van der Waals surface area contributed by atoms with Gasteiger partial charge in [-0.1, -0.05) is 140 Å². The number of carbonyl (C=O) groups excluding carboxylic acids is 5. The summed E-state index contributed by atoms with van der Waals surface area (Å²) in [6.07, 6.45) is 0. The fourth-order valence-corrected chi connectivity index (χ4v) is 5.28. The van der Waals surface area contributed by atoms with E-state index in [0.29, 0.717) is 22.5 Å². The molecule has 0 spiro atoms. The van der Waals surface area contributed by atoms with E-state index < -0.39 is 35.1 Å². The molecule has 1 N–H and O–H groups in total. The molecule has 1 aromatic heterocycles. The van der Waals surface area contributed by atoms with Gasteiger partial charge in [-0.15, -0.1) is 0 Å². The normalized spacial score (nSPS) is 10.7. The van der Waals surface area contributed by atoms with Crippen molar-refractivity contribution in [3.63, 3.8) is 0 Å². The van der Waals surface area contributed by atoms with Crippen LogP contribution in [0.25, 0.3) is 16.9 Å². The molecule has 6 aromatic rings. The molecule has 47 heavy (non-hydrogen) atoms. The number of carbonyl (C=O) groups is 5. The molecular formula is C39H27N3O5. The number of rotatable bonds is 10. The van der Waals surface area contributed by atoms with Crippen molar-refractivity contribution in [1.82, 2.24) is 15.1 Å². The first-order chi connectivity index (χ1) is 22.9. The van der Waals surface area contributed by atoms with Crippen molar-refractivity contribution < 1.29 is 24.0 Å². The van der Waals surface area contributed by atoms with Crippen molar-refractivity contribution in [2.75, 3.05) is 0 Å². The predicted octanol–water partition coefficient (Wildman–Crippen LogP) is 6.41. The molecule has 0 unspecified atom stereocenters. The third kappa shape index (κ3) is 6.34. The largest absolute Gasteiger partial charge is 0.293 e. The van der Waals surface area contributed by atoms with E-state index in [0.717, 1.165) is 0 Å². The fourth-order valence-electron chi connectivity index (χ4n) is 5.28. The SMILES string of the molecule is O=C(NC(=O)C(C(=O)c1ccccc1)C(=O)c1ccccc1)c1nn(-c2ccccc2)c(-c2ccccc2)c1C(=O)c1ccccc1. The van der Waals surface area contributed by atoms with E-state index in [4.69, 9.17) is 0 Å². The summed E-state index contributed by atoms with van der Waals surface area (Å²) in [5.41, 5.74) is 1.67. The number of aromatic nitrogens is 2. The van der Waals surface area contributed by atoms with E-state index in [1.807, 2.05) is 12.1 Å². The molecule has 228 valence electrons. The van der Waals surface area contributed by atoms with Crippen LogP contribution in [0.2, 0.25) is 0 Å². The zero-order valence-electron chi connectivity index (χ0n) is 24.9. The van der Waals surface area contributed by atoms with Gasteiger partial charge in [-0.3, -0.25) is 29.3 Å². The van der Waals surface area contributed by atoms with Crippen molar-refractivity contribution in [2.45, 2.75) is 0 Å². The lowest BCUT2D eigenvalue weighted by atomic mass is 9.89. The second-order valence-electron chi connectivity index (χ2n) is 10.6. The summed E-state index contributed by atoms with van der Waals surface area (Å²) in [6, 6.07) is 42.2. The van der Waals surface area contributed by atoms with Crippen LogP contribution in [-0.2, 0) is 4.79 Å². The third-order valence-corrected chi connectivity index (χ3v) is 7.55. The summed E-state index contributed by atoms with van der Waals surface area (Å²) in [6.45, 7) is 0. The molecule has 0 fully saturated rings. The molecule has 0 aliphatic rings. The van der Waals surface area contributed by atoms with Gasteiger partial charge in [-0.25, -0.2) is 4.68 Å². The Kier molecular flexibility index (Phi) is 8.84. The summed E-state index contributed by atoms with van der Waals surface area (Å²) in [7, 11) is 0. The monoisotopic (exact) mass is 617 g/mol. The van der Waals surface area contributed by atoms with Gasteiger partial charge in [-0.05, 0) is 12.1 Å². The van der Waals surface area contributed by atoms with Crippen molar-refractivity contribution in [2.24, 2.45) is 5.92 Å². The Balaban J connectivity index is 1.47. The van der Waals surface area contributed by atoms with Gasteiger partial charge in [-0.2, -0.15) is 5.10 Å². The molecule has 0 atom stereocenters. The average molecular weight is 618 g/mol. The van der Waals surface area contributed by atoms with Crippen LogP contribution in [0.1, 0.15) is 47.1 Å². The number of hydrogen-bond donors (Lipinski definition) is 1. The third-order valence-electron chi connectivity index (χ3n) is 7.55. The zero-order valence-corrected chi connectivity index (χ0v) is 24.9. The number of hydrogen-bond acceptors (Lipinski definition) is 6. The fraction of sp³-hybridized carbons (Fsp3) is 0.0256. The van der Waals surface area contributed by atoms with E-state index in [-0.39, 0.29) is 22.4 Å². The molecular weight excluding hydrogens is 590 g/mol. The second kappa shape index (κ2) is 13.6. The minimum Gasteiger partial charge on any atom is -0.293 e. The highest BCUT2D eigenvalue weighted by Crippen LogP contribution is 2.31. The van der Waals surface area contributed by atoms with Gasteiger partial charge in [0.15, 0.2) is 29.0 Å². The van der Waals surface area contributed by atoms with Crippen molar-refractivity contribution in [3.05, 3.63) is 180 Å². The van der Waals surface area contributed by atoms with Gasteiger partial charge in [0.1, 0.15) is 0 Å². The summed E-state index contributed by atoms with van der Waals surface area (Å²) in [4.78, 5) is 69.4. The van der Waals surface area contributed by atoms with Crippen LogP contribution in [0.3, 0.4) is 0 Å². The van der Waals surface area contributed by atoms with Crippen molar-refractivity contribution in [1.29, 1.82) is 0 Å². The summed E-state index contributed by atoms with van der Waals surface area (Å²) >= 11 is 0. The number of benzene rings is 5. The summed E-state index contributed by atoms with van der Waals surface area (Å²) in [5, 5.41) is 6.82. The predicted molar refractivity (Wildman–Crippen MR) is 176 cm³/mol. The van der Waals surface area contributed by atoms with Crippen molar-refractivity contribution in [3.8, 4) is 16.9 Å². The highest BCUT2D eigenvalue weighted by molar-refractivity contribution is 6.30. The Morgan fingerprint density at radius 1 is 0.532 bits per heavy atom.